The Bertz CT molecular complexity index is 4020. The number of methoxy groups -OCH3 is 2. The highest BCUT2D eigenvalue weighted by molar-refractivity contribution is 6.23. The van der Waals surface area contributed by atoms with Crippen molar-refractivity contribution in [2.24, 2.45) is 53.6 Å². The Balaban J connectivity index is 0.488. The molecule has 23 nitrogen and oxygen atoms in total. The van der Waals surface area contributed by atoms with Crippen molar-refractivity contribution in [3.63, 3.8) is 0 Å². The minimum absolute atomic E-state index is 0.00847. The molecule has 0 unspecified atom stereocenters. The first-order valence-electron chi connectivity index (χ1n) is 37.2. The van der Waals surface area contributed by atoms with E-state index in [-0.39, 0.29) is 74.9 Å². The molecule has 105 heavy (non-hydrogen) atoms. The molecule has 12 rings (SSSR count). The van der Waals surface area contributed by atoms with Gasteiger partial charge < -0.3 is 73.0 Å². The summed E-state index contributed by atoms with van der Waals surface area (Å²) in [7, 11) is 3.39. The van der Waals surface area contributed by atoms with E-state index < -0.39 is 0 Å². The Morgan fingerprint density at radius 1 is 0.419 bits per heavy atom. The van der Waals surface area contributed by atoms with Crippen LogP contribution in [-0.2, 0) is 61.7 Å². The minimum atomic E-state index is -0.308. The van der Waals surface area contributed by atoms with Crippen LogP contribution in [0.4, 0.5) is 0 Å². The van der Waals surface area contributed by atoms with Crippen molar-refractivity contribution >= 4 is 46.2 Å². The molecular formula is C82H102N8O15. The van der Waals surface area contributed by atoms with Crippen molar-refractivity contribution in [3.8, 4) is 0 Å². The first kappa shape index (κ1) is 76.3. The summed E-state index contributed by atoms with van der Waals surface area (Å²) in [5.74, 6) is -0.220. The van der Waals surface area contributed by atoms with E-state index in [2.05, 4.69) is 90.3 Å². The molecule has 0 radical (unpaired) electrons. The van der Waals surface area contributed by atoms with E-state index in [1.165, 1.54) is 0 Å². The van der Waals surface area contributed by atoms with Gasteiger partial charge in [0.15, 0.2) is 0 Å². The van der Waals surface area contributed by atoms with E-state index in [0.717, 1.165) is 182 Å². The molecule has 23 heteroatoms. The lowest BCUT2D eigenvalue weighted by molar-refractivity contribution is -0.146. The fourth-order valence-electron chi connectivity index (χ4n) is 15.5. The Hall–Kier alpha value is -8.36. The van der Waals surface area contributed by atoms with Gasteiger partial charge in [0.05, 0.1) is 174 Å². The van der Waals surface area contributed by atoms with Gasteiger partial charge in [-0.3, -0.25) is 9.59 Å². The molecule has 2 aliphatic carbocycles. The average molecular weight is 1440 g/mol. The second-order valence-corrected chi connectivity index (χ2v) is 27.9. The van der Waals surface area contributed by atoms with Crippen LogP contribution in [0.5, 0.6) is 0 Å². The molecule has 4 atom stereocenters. The second-order valence-electron chi connectivity index (χ2n) is 27.9. The normalized spacial score (nSPS) is 22.4. The zero-order chi connectivity index (χ0) is 74.0. The molecule has 16 bridgehead atoms. The molecule has 4 N–H and O–H groups in total. The summed E-state index contributed by atoms with van der Waals surface area (Å²) in [6, 6.07) is 0. The number of aliphatic imine (C=N–C) groups is 6. The standard InChI is InChI=1S/C82H102N8O15/c1-13-53-45(3)63-39-71-59(43-95-11)49(7)61(85-71)37-65-47(5)55(79(87-65)57-35-73(91)77-51(9)67(89-81(57)77)41-69(53)83-63)15-17-75(93)104-33-31-102-29-27-100-25-23-98-21-19-97-20-22-99-24-26-101-28-30-103-32-34-105-76(94)18-16-56-48(6)66-38-62-50(8)60(44-96-12)72(86-62)40-64-46(4)54(14-2)70(84-64)42-68-52(10)78-74(92)36-58(80(56)88-66)82(78)90-68/h37-42,47-48,55-56,87-88,91-92H,13-36,43-44H2,1-12H3/t47-,48-,55-,56-/m0/s1. The molecule has 0 spiro atoms. The molecule has 560 valence electrons. The summed E-state index contributed by atoms with van der Waals surface area (Å²) >= 11 is 0. The van der Waals surface area contributed by atoms with Crippen molar-refractivity contribution in [1.29, 1.82) is 0 Å². The minimum Gasteiger partial charge on any atom is -0.511 e. The summed E-state index contributed by atoms with van der Waals surface area (Å²) in [4.78, 5) is 57.5. The molecule has 0 aromatic rings. The van der Waals surface area contributed by atoms with Gasteiger partial charge in [-0.05, 0) is 148 Å². The number of aliphatic hydroxyl groups excluding tert-OH is 2. The van der Waals surface area contributed by atoms with Crippen LogP contribution in [0.15, 0.2) is 213 Å². The maximum absolute atomic E-state index is 13.3. The zero-order valence-corrected chi connectivity index (χ0v) is 63.0. The number of fused-ring (bicyclic) bond motifs is 10. The average Bonchev–Trinajstić information content (AvgIpc) is 1.59. The van der Waals surface area contributed by atoms with Crippen molar-refractivity contribution in [2.75, 3.05) is 133 Å². The number of nitrogens with one attached hydrogen (secondary N) is 2. The molecule has 10 aliphatic heterocycles. The Morgan fingerprint density at radius 2 is 0.724 bits per heavy atom. The molecule has 2 fully saturated rings. The molecule has 0 amide bonds. The number of hydrogen-bond donors (Lipinski definition) is 4. The number of aliphatic hydroxyl groups is 2. The highest BCUT2D eigenvalue weighted by atomic mass is 16.6. The number of hydrogen-bond acceptors (Lipinski definition) is 23. The smallest absolute Gasteiger partial charge is 0.305 e. The predicted octanol–water partition coefficient (Wildman–Crippen LogP) is 12.4. The van der Waals surface area contributed by atoms with Gasteiger partial charge in [0.25, 0.3) is 0 Å². The fourth-order valence-corrected chi connectivity index (χ4v) is 15.5. The maximum Gasteiger partial charge on any atom is 0.305 e. The number of allylic oxidation sites excluding steroid dienone is 22. The number of esters is 2. The first-order valence-corrected chi connectivity index (χ1v) is 37.2. The van der Waals surface area contributed by atoms with E-state index in [1.54, 1.807) is 14.2 Å². The predicted molar refractivity (Wildman–Crippen MR) is 404 cm³/mol. The van der Waals surface area contributed by atoms with E-state index >= 15 is 0 Å². The summed E-state index contributed by atoms with van der Waals surface area (Å²) in [5.41, 5.74) is 27.6. The van der Waals surface area contributed by atoms with Crippen LogP contribution in [0.2, 0.25) is 0 Å². The summed E-state index contributed by atoms with van der Waals surface area (Å²) in [6.45, 7) is 27.3. The third-order valence-corrected chi connectivity index (χ3v) is 21.5. The van der Waals surface area contributed by atoms with E-state index in [4.69, 9.17) is 82.1 Å². The largest absolute Gasteiger partial charge is 0.511 e. The molecule has 2 saturated heterocycles. The number of ether oxygens (including phenoxy) is 11. The number of carbonyl (C=O) groups is 2. The van der Waals surface area contributed by atoms with E-state index in [1.807, 2.05) is 26.0 Å². The van der Waals surface area contributed by atoms with Gasteiger partial charge in [-0.25, -0.2) is 30.0 Å². The van der Waals surface area contributed by atoms with E-state index in [9.17, 15) is 19.8 Å². The maximum atomic E-state index is 13.3. The summed E-state index contributed by atoms with van der Waals surface area (Å²) in [5, 5.41) is 30.5. The lowest BCUT2D eigenvalue weighted by atomic mass is 9.86. The summed E-state index contributed by atoms with van der Waals surface area (Å²) < 4.78 is 62.3. The van der Waals surface area contributed by atoms with Crippen molar-refractivity contribution in [3.05, 3.63) is 183 Å². The number of rotatable bonds is 36. The van der Waals surface area contributed by atoms with Crippen LogP contribution in [0.25, 0.3) is 0 Å². The monoisotopic (exact) mass is 1440 g/mol. The fraction of sp³-hybridized carbons (Fsp3) is 0.512. The van der Waals surface area contributed by atoms with Crippen LogP contribution in [0.1, 0.15) is 121 Å². The van der Waals surface area contributed by atoms with Crippen LogP contribution in [0.3, 0.4) is 0 Å². The van der Waals surface area contributed by atoms with Crippen molar-refractivity contribution in [2.45, 2.75) is 121 Å². The van der Waals surface area contributed by atoms with Gasteiger partial charge in [0.2, 0.25) is 0 Å². The van der Waals surface area contributed by atoms with Crippen molar-refractivity contribution in [1.82, 2.24) is 10.6 Å². The Morgan fingerprint density at radius 3 is 1.05 bits per heavy atom. The molecule has 0 saturated carbocycles. The zero-order valence-electron chi connectivity index (χ0n) is 63.0. The quantitative estimate of drug-likeness (QED) is 0.0335. The van der Waals surface area contributed by atoms with Crippen molar-refractivity contribution < 1.29 is 71.9 Å². The Kier molecular flexibility index (Phi) is 25.4. The first-order chi connectivity index (χ1) is 50.9. The lowest BCUT2D eigenvalue weighted by Gasteiger charge is -2.17. The SMILES string of the molecule is CCC1=C(C)C2=NC1=CC1=C(C)C3=C(O)CC(=C4NC(=CC5=NC(=C2)C(COC)=C5C)[C@@H](C)[C@@H]4CCC(=O)OCCOCCOCCOCCOCCOCCOCCOCCOC(=O)CC[C@@H]2C4=C5CC(O)=C6C5=NC(=C6C)C=C5N=C(C=C6N=C(C=C(N4)[C@H]2C)C(C)=C6COC)C(C)=C5CC)C3=N1. The topological polar surface area (TPSA) is 274 Å². The highest BCUT2D eigenvalue weighted by Crippen LogP contribution is 2.49. The third kappa shape index (κ3) is 16.8. The molecule has 12 aliphatic rings. The molecule has 0 aromatic carbocycles. The number of nitrogens with zero attached hydrogens (tertiary/aromatic N) is 6. The molecule has 0 aromatic heterocycles. The molecular weight excluding hydrogens is 1340 g/mol. The van der Waals surface area contributed by atoms with Crippen LogP contribution < -0.4 is 10.6 Å². The molecule has 10 heterocycles. The summed E-state index contributed by atoms with van der Waals surface area (Å²) in [6.07, 6.45) is 16.2. The van der Waals surface area contributed by atoms with Gasteiger partial charge in [-0.1, -0.05) is 27.7 Å². The van der Waals surface area contributed by atoms with Crippen LogP contribution in [-0.4, -0.2) is 190 Å². The van der Waals surface area contributed by atoms with Gasteiger partial charge in [-0.15, -0.1) is 0 Å². The Labute approximate surface area is 616 Å². The van der Waals surface area contributed by atoms with E-state index in [0.29, 0.717) is 130 Å². The lowest BCUT2D eigenvalue weighted by Crippen LogP contribution is -2.17. The highest BCUT2D eigenvalue weighted by Gasteiger charge is 2.44. The van der Waals surface area contributed by atoms with Gasteiger partial charge in [0, 0.05) is 120 Å². The van der Waals surface area contributed by atoms with Crippen LogP contribution in [0, 0.1) is 23.7 Å². The second kappa shape index (κ2) is 34.9. The van der Waals surface area contributed by atoms with Crippen LogP contribution >= 0.6 is 0 Å². The van der Waals surface area contributed by atoms with Gasteiger partial charge in [0.1, 0.15) is 24.7 Å². The van der Waals surface area contributed by atoms with Gasteiger partial charge >= 0.3 is 11.9 Å². The number of carbonyl (C=O) groups excluding carboxylic acids is 2. The third-order valence-electron chi connectivity index (χ3n) is 21.5. The van der Waals surface area contributed by atoms with Gasteiger partial charge in [-0.2, -0.15) is 0 Å².